The molecule has 0 aromatic heterocycles. The molecule has 2 aromatic rings. The van der Waals surface area contributed by atoms with Crippen LogP contribution in [0.5, 0.6) is 11.5 Å². The summed E-state index contributed by atoms with van der Waals surface area (Å²) >= 11 is 0. The number of ketones is 1. The van der Waals surface area contributed by atoms with Gasteiger partial charge in [-0.3, -0.25) is 9.69 Å². The van der Waals surface area contributed by atoms with Crippen molar-refractivity contribution >= 4 is 17.4 Å². The third-order valence-corrected chi connectivity index (χ3v) is 6.66. The Bertz CT molecular complexity index is 1180. The molecule has 0 bridgehead atoms. The van der Waals surface area contributed by atoms with Crippen molar-refractivity contribution in [2.75, 3.05) is 28.3 Å². The molecule has 1 atom stereocenters. The number of rotatable bonds is 6. The molecule has 7 nitrogen and oxygen atoms in total. The fraction of sp³-hybridized carbons (Fsp3) is 0.333. The predicted molar refractivity (Wildman–Crippen MR) is 130 cm³/mol. The Morgan fingerprint density at radius 2 is 1.88 bits per heavy atom. The first kappa shape index (κ1) is 23.6. The summed E-state index contributed by atoms with van der Waals surface area (Å²) < 4.78 is 11.0. The number of likely N-dealkylation sites (N-methyl/N-ethyl adjacent to an activating group) is 1. The fourth-order valence-electron chi connectivity index (χ4n) is 4.86. The number of fused-ring (bicyclic) bond motifs is 2. The number of Topliss-reactive ketones (excluding diaryl/α,β-unsaturated/α-hetero) is 1. The normalized spacial score (nSPS) is 19.9. The largest absolute Gasteiger partial charge is 0.497 e. The third-order valence-electron chi connectivity index (χ3n) is 6.66. The van der Waals surface area contributed by atoms with E-state index in [9.17, 15) is 14.7 Å². The smallest absolute Gasteiger partial charge is 0.349 e. The van der Waals surface area contributed by atoms with Gasteiger partial charge in [0.1, 0.15) is 11.5 Å². The van der Waals surface area contributed by atoms with Gasteiger partial charge in [-0.2, -0.15) is 0 Å². The number of aliphatic carboxylic acids is 1. The van der Waals surface area contributed by atoms with Gasteiger partial charge in [-0.15, -0.1) is 0 Å². The maximum absolute atomic E-state index is 13.2. The molecule has 0 amide bonds. The molecule has 1 aliphatic heterocycles. The van der Waals surface area contributed by atoms with Crippen molar-refractivity contribution in [2.45, 2.75) is 31.5 Å². The van der Waals surface area contributed by atoms with E-state index < -0.39 is 11.6 Å². The molecule has 0 saturated heterocycles. The molecule has 1 N–H and O–H groups in total. The average Bonchev–Trinajstić information content (AvgIpc) is 2.82. The van der Waals surface area contributed by atoms with Crippen molar-refractivity contribution in [1.82, 2.24) is 9.80 Å². The Hall–Kier alpha value is -3.58. The number of nitrogens with zero attached hydrogens (tertiary/aromatic N) is 2. The molecule has 2 aliphatic rings. The van der Waals surface area contributed by atoms with Crippen LogP contribution in [0.25, 0.3) is 5.70 Å². The summed E-state index contributed by atoms with van der Waals surface area (Å²) in [6.07, 6.45) is 5.23. The Labute approximate surface area is 199 Å². The van der Waals surface area contributed by atoms with E-state index in [1.807, 2.05) is 35.2 Å². The lowest BCUT2D eigenvalue weighted by Crippen LogP contribution is -2.62. The molecule has 0 saturated carbocycles. The van der Waals surface area contributed by atoms with Gasteiger partial charge in [0, 0.05) is 35.7 Å². The molecule has 1 aliphatic carbocycles. The first-order valence-electron chi connectivity index (χ1n) is 11.3. The Balaban J connectivity index is 1.99. The zero-order chi connectivity index (χ0) is 24.5. The van der Waals surface area contributed by atoms with Crippen LogP contribution in [0.1, 0.15) is 29.5 Å². The van der Waals surface area contributed by atoms with Gasteiger partial charge in [0.05, 0.1) is 19.9 Å². The number of carboxylic acids is 1. The number of hydrogen-bond donors (Lipinski definition) is 1. The molecule has 178 valence electrons. The van der Waals surface area contributed by atoms with Crippen molar-refractivity contribution in [1.29, 1.82) is 0 Å². The number of benzene rings is 2. The van der Waals surface area contributed by atoms with Crippen molar-refractivity contribution in [3.05, 3.63) is 76.9 Å². The number of methoxy groups -OCH3 is 2. The summed E-state index contributed by atoms with van der Waals surface area (Å²) in [5, 5.41) is 10.6. The van der Waals surface area contributed by atoms with Crippen LogP contribution in [0.3, 0.4) is 0 Å². The molecule has 2 aromatic carbocycles. The summed E-state index contributed by atoms with van der Waals surface area (Å²) in [5.74, 6) is 0.215. The van der Waals surface area contributed by atoms with Crippen LogP contribution in [-0.4, -0.2) is 60.6 Å². The summed E-state index contributed by atoms with van der Waals surface area (Å²) in [4.78, 5) is 29.6. The highest BCUT2D eigenvalue weighted by molar-refractivity contribution is 6.07. The molecule has 0 radical (unpaired) electrons. The van der Waals surface area contributed by atoms with E-state index in [1.54, 1.807) is 51.4 Å². The van der Waals surface area contributed by atoms with Gasteiger partial charge in [-0.25, -0.2) is 4.79 Å². The third kappa shape index (κ3) is 3.86. The number of allylic oxidation sites excluding steroid dienone is 2. The van der Waals surface area contributed by atoms with Crippen LogP contribution in [0.4, 0.5) is 0 Å². The lowest BCUT2D eigenvalue weighted by Gasteiger charge is -2.48. The highest BCUT2D eigenvalue weighted by Crippen LogP contribution is 2.42. The van der Waals surface area contributed by atoms with Crippen molar-refractivity contribution < 1.29 is 24.2 Å². The zero-order valence-electron chi connectivity index (χ0n) is 20.0. The lowest BCUT2D eigenvalue weighted by molar-refractivity contribution is -0.155. The minimum atomic E-state index is -1.50. The van der Waals surface area contributed by atoms with Crippen molar-refractivity contribution in [3.63, 3.8) is 0 Å². The van der Waals surface area contributed by atoms with Gasteiger partial charge in [0.2, 0.25) is 5.66 Å². The predicted octanol–water partition coefficient (Wildman–Crippen LogP) is 3.73. The van der Waals surface area contributed by atoms with Crippen LogP contribution in [0.2, 0.25) is 0 Å². The van der Waals surface area contributed by atoms with Crippen molar-refractivity contribution in [3.8, 4) is 11.5 Å². The number of carbonyl (C=O) groups is 2. The highest BCUT2D eigenvalue weighted by atomic mass is 16.5. The number of carboxylic acid groups (broad SMARTS) is 1. The van der Waals surface area contributed by atoms with Gasteiger partial charge in [-0.05, 0) is 56.8 Å². The lowest BCUT2D eigenvalue weighted by atomic mass is 9.85. The Morgan fingerprint density at radius 3 is 2.56 bits per heavy atom. The zero-order valence-corrected chi connectivity index (χ0v) is 20.0. The Morgan fingerprint density at radius 1 is 1.12 bits per heavy atom. The second-order valence-electron chi connectivity index (χ2n) is 8.72. The summed E-state index contributed by atoms with van der Waals surface area (Å²) in [6, 6.07) is 13.4. The van der Waals surface area contributed by atoms with Crippen molar-refractivity contribution in [2.24, 2.45) is 0 Å². The van der Waals surface area contributed by atoms with Crippen LogP contribution < -0.4 is 9.47 Å². The molecule has 7 heteroatoms. The molecule has 34 heavy (non-hydrogen) atoms. The number of carbonyl (C=O) groups excluding carboxylic acids is 1. The second-order valence-corrected chi connectivity index (χ2v) is 8.72. The van der Waals surface area contributed by atoms with E-state index in [0.29, 0.717) is 29.2 Å². The SMILES string of the molecule is COc1ccc(CN2C3=C(C=CC2(C(=O)O)N(C)C)C(=O)CCCc2ccccc23)c(OC)c1. The fourth-order valence-corrected chi connectivity index (χ4v) is 4.86. The monoisotopic (exact) mass is 462 g/mol. The van der Waals surface area contributed by atoms with E-state index in [-0.39, 0.29) is 12.3 Å². The first-order chi connectivity index (χ1) is 16.3. The topological polar surface area (TPSA) is 79.3 Å². The Kier molecular flexibility index (Phi) is 6.48. The quantitative estimate of drug-likeness (QED) is 0.701. The minimum absolute atomic E-state index is 0.0187. The summed E-state index contributed by atoms with van der Waals surface area (Å²) in [7, 11) is 6.63. The van der Waals surface area contributed by atoms with E-state index in [1.165, 1.54) is 0 Å². The van der Waals surface area contributed by atoms with Crippen LogP contribution in [-0.2, 0) is 22.6 Å². The van der Waals surface area contributed by atoms with E-state index in [4.69, 9.17) is 9.47 Å². The van der Waals surface area contributed by atoms with Gasteiger partial charge in [0.25, 0.3) is 0 Å². The highest BCUT2D eigenvalue weighted by Gasteiger charge is 2.49. The molecular formula is C27H30N2O5. The average molecular weight is 463 g/mol. The molecule has 1 unspecified atom stereocenters. The number of ether oxygens (including phenoxy) is 2. The van der Waals surface area contributed by atoms with E-state index in [0.717, 1.165) is 29.5 Å². The summed E-state index contributed by atoms with van der Waals surface area (Å²) in [6.45, 7) is 0.211. The van der Waals surface area contributed by atoms with Crippen LogP contribution in [0, 0.1) is 0 Å². The molecule has 0 spiro atoms. The van der Waals surface area contributed by atoms with E-state index in [2.05, 4.69) is 6.07 Å². The molecule has 0 fully saturated rings. The standard InChI is InChI=1S/C27H30N2O5/c1-28(2)27(26(31)32)15-14-22-23(30)11-7-9-18-8-5-6-10-21(18)25(22)29(27)17-19-12-13-20(33-3)16-24(19)34-4/h5-6,8,10,12-16H,7,9,11,17H2,1-4H3,(H,31,32). The van der Waals surface area contributed by atoms with Gasteiger partial charge < -0.3 is 19.5 Å². The van der Waals surface area contributed by atoms with Crippen LogP contribution in [0.15, 0.2) is 60.2 Å². The first-order valence-corrected chi connectivity index (χ1v) is 11.3. The second kappa shape index (κ2) is 9.35. The minimum Gasteiger partial charge on any atom is -0.497 e. The maximum Gasteiger partial charge on any atom is 0.349 e. The number of aryl methyl sites for hydroxylation is 1. The summed E-state index contributed by atoms with van der Waals surface area (Å²) in [5.41, 5.74) is 2.44. The number of hydrogen-bond acceptors (Lipinski definition) is 6. The van der Waals surface area contributed by atoms with Crippen LogP contribution >= 0.6 is 0 Å². The van der Waals surface area contributed by atoms with Gasteiger partial charge in [-0.1, -0.05) is 24.3 Å². The van der Waals surface area contributed by atoms with Gasteiger partial charge >= 0.3 is 5.97 Å². The maximum atomic E-state index is 13.2. The molecule has 1 heterocycles. The molecular weight excluding hydrogens is 432 g/mol. The molecule has 4 rings (SSSR count). The van der Waals surface area contributed by atoms with Gasteiger partial charge in [0.15, 0.2) is 5.78 Å². The van der Waals surface area contributed by atoms with E-state index >= 15 is 0 Å².